The summed E-state index contributed by atoms with van der Waals surface area (Å²) in [5, 5.41) is 3.37. The molecule has 1 fully saturated rings. The molecule has 0 spiro atoms. The van der Waals surface area contributed by atoms with Crippen molar-refractivity contribution in [2.24, 2.45) is 5.73 Å². The van der Waals surface area contributed by atoms with E-state index in [0.29, 0.717) is 12.0 Å². The van der Waals surface area contributed by atoms with Gasteiger partial charge in [0.2, 0.25) is 0 Å². The molecule has 0 unspecified atom stereocenters. The minimum atomic E-state index is 0.348. The zero-order valence-corrected chi connectivity index (χ0v) is 12.1. The van der Waals surface area contributed by atoms with Gasteiger partial charge in [-0.1, -0.05) is 6.07 Å². The van der Waals surface area contributed by atoms with Crippen LogP contribution in [0.4, 0.5) is 5.82 Å². The van der Waals surface area contributed by atoms with Gasteiger partial charge in [0, 0.05) is 42.7 Å². The van der Waals surface area contributed by atoms with Crippen LogP contribution >= 0.6 is 0 Å². The van der Waals surface area contributed by atoms with Crippen molar-refractivity contribution in [3.63, 3.8) is 0 Å². The number of hydrogen-bond donors (Lipinski definition) is 2. The summed E-state index contributed by atoms with van der Waals surface area (Å²) in [5.74, 6) is 1.42. The van der Waals surface area contributed by atoms with E-state index in [1.165, 1.54) is 5.56 Å². The maximum Gasteiger partial charge on any atom is 0.129 e. The van der Waals surface area contributed by atoms with Crippen molar-refractivity contribution in [2.75, 3.05) is 11.9 Å². The van der Waals surface area contributed by atoms with Crippen LogP contribution in [0.3, 0.4) is 0 Å². The number of nitrogens with two attached hydrogens (primary N) is 1. The lowest BCUT2D eigenvalue weighted by molar-refractivity contribution is 0.345. The first-order chi connectivity index (χ1) is 10.3. The minimum Gasteiger partial charge on any atom is -0.370 e. The quantitative estimate of drug-likeness (QED) is 0.794. The standard InChI is InChI=1S/C16H21N5/c17-14-7-13(8-14)15-9-16(21-11-20-15)19-6-2-4-12-3-1-5-18-10-12/h1,3,5,9-11,13-14H,2,4,6-8,17H2,(H,19,20,21). The number of rotatable bonds is 6. The summed E-state index contributed by atoms with van der Waals surface area (Å²) >= 11 is 0. The third-order valence-electron chi connectivity index (χ3n) is 3.95. The molecule has 5 nitrogen and oxygen atoms in total. The molecule has 1 aliphatic carbocycles. The van der Waals surface area contributed by atoms with Crippen molar-refractivity contribution < 1.29 is 0 Å². The number of nitrogens with zero attached hydrogens (tertiary/aromatic N) is 3. The first-order valence-corrected chi connectivity index (χ1v) is 7.51. The maximum atomic E-state index is 5.83. The molecule has 0 amide bonds. The molecule has 2 aromatic rings. The van der Waals surface area contributed by atoms with E-state index in [0.717, 1.165) is 43.7 Å². The van der Waals surface area contributed by atoms with Gasteiger partial charge in [0.05, 0.1) is 0 Å². The molecule has 0 saturated heterocycles. The van der Waals surface area contributed by atoms with Crippen molar-refractivity contribution in [3.05, 3.63) is 48.2 Å². The predicted molar refractivity (Wildman–Crippen MR) is 83.0 cm³/mol. The van der Waals surface area contributed by atoms with E-state index < -0.39 is 0 Å². The van der Waals surface area contributed by atoms with E-state index in [4.69, 9.17) is 5.73 Å². The Morgan fingerprint density at radius 1 is 1.29 bits per heavy atom. The van der Waals surface area contributed by atoms with E-state index in [9.17, 15) is 0 Å². The Balaban J connectivity index is 1.46. The second kappa shape index (κ2) is 6.63. The number of pyridine rings is 1. The molecule has 0 aromatic carbocycles. The molecule has 1 aliphatic rings. The molecule has 0 radical (unpaired) electrons. The Bertz CT molecular complexity index is 566. The smallest absolute Gasteiger partial charge is 0.129 e. The molecule has 2 heterocycles. The first-order valence-electron chi connectivity index (χ1n) is 7.51. The highest BCUT2D eigenvalue weighted by atomic mass is 15.0. The van der Waals surface area contributed by atoms with E-state index in [2.05, 4.69) is 32.4 Å². The van der Waals surface area contributed by atoms with Gasteiger partial charge in [0.25, 0.3) is 0 Å². The van der Waals surface area contributed by atoms with Crippen LogP contribution in [0.1, 0.15) is 36.4 Å². The third kappa shape index (κ3) is 3.76. The Kier molecular flexibility index (Phi) is 4.40. The molecular weight excluding hydrogens is 262 g/mol. The van der Waals surface area contributed by atoms with Crippen LogP contribution in [-0.2, 0) is 6.42 Å². The molecule has 3 rings (SSSR count). The van der Waals surface area contributed by atoms with E-state index >= 15 is 0 Å². The average molecular weight is 283 g/mol. The third-order valence-corrected chi connectivity index (χ3v) is 3.95. The van der Waals surface area contributed by atoms with Crippen LogP contribution in [-0.4, -0.2) is 27.5 Å². The fourth-order valence-electron chi connectivity index (χ4n) is 2.65. The minimum absolute atomic E-state index is 0.348. The number of nitrogens with one attached hydrogen (secondary N) is 1. The Labute approximate surface area is 125 Å². The van der Waals surface area contributed by atoms with Gasteiger partial charge in [-0.2, -0.15) is 0 Å². The predicted octanol–water partition coefficient (Wildman–Crippen LogP) is 2.12. The lowest BCUT2D eigenvalue weighted by Crippen LogP contribution is -2.35. The first kappa shape index (κ1) is 13.9. The lowest BCUT2D eigenvalue weighted by Gasteiger charge is -2.31. The molecule has 0 atom stereocenters. The van der Waals surface area contributed by atoms with Gasteiger partial charge in [-0.3, -0.25) is 4.98 Å². The summed E-state index contributed by atoms with van der Waals surface area (Å²) in [5.41, 5.74) is 8.22. The molecule has 2 aromatic heterocycles. The number of aryl methyl sites for hydroxylation is 1. The summed E-state index contributed by atoms with van der Waals surface area (Å²) in [6, 6.07) is 6.49. The molecule has 3 N–H and O–H groups in total. The number of hydrogen-bond acceptors (Lipinski definition) is 5. The van der Waals surface area contributed by atoms with Crippen molar-refractivity contribution in [3.8, 4) is 0 Å². The maximum absolute atomic E-state index is 5.83. The van der Waals surface area contributed by atoms with Crippen molar-refractivity contribution >= 4 is 5.82 Å². The normalized spacial score (nSPS) is 20.8. The van der Waals surface area contributed by atoms with Gasteiger partial charge in [-0.15, -0.1) is 0 Å². The van der Waals surface area contributed by atoms with Gasteiger partial charge in [-0.25, -0.2) is 9.97 Å². The highest BCUT2D eigenvalue weighted by molar-refractivity contribution is 5.36. The zero-order chi connectivity index (χ0) is 14.5. The summed E-state index contributed by atoms with van der Waals surface area (Å²) in [7, 11) is 0. The van der Waals surface area contributed by atoms with Gasteiger partial charge in [0.1, 0.15) is 12.1 Å². The van der Waals surface area contributed by atoms with Crippen molar-refractivity contribution in [1.29, 1.82) is 0 Å². The summed E-state index contributed by atoms with van der Waals surface area (Å²) < 4.78 is 0. The van der Waals surface area contributed by atoms with E-state index in [1.54, 1.807) is 12.5 Å². The van der Waals surface area contributed by atoms with Crippen LogP contribution in [0.25, 0.3) is 0 Å². The largest absolute Gasteiger partial charge is 0.370 e. The van der Waals surface area contributed by atoms with Crippen molar-refractivity contribution in [2.45, 2.75) is 37.6 Å². The van der Waals surface area contributed by atoms with Crippen LogP contribution in [0.2, 0.25) is 0 Å². The van der Waals surface area contributed by atoms with Crippen LogP contribution in [0, 0.1) is 0 Å². The average Bonchev–Trinajstić information content (AvgIpc) is 2.50. The molecule has 0 aliphatic heterocycles. The Hall–Kier alpha value is -2.01. The molecule has 1 saturated carbocycles. The fraction of sp³-hybridized carbons (Fsp3) is 0.438. The van der Waals surface area contributed by atoms with Crippen LogP contribution in [0.5, 0.6) is 0 Å². The van der Waals surface area contributed by atoms with Gasteiger partial charge in [-0.05, 0) is 37.3 Å². The summed E-state index contributed by atoms with van der Waals surface area (Å²) in [4.78, 5) is 12.8. The number of anilines is 1. The summed E-state index contributed by atoms with van der Waals surface area (Å²) in [6.45, 7) is 0.898. The van der Waals surface area contributed by atoms with Crippen molar-refractivity contribution in [1.82, 2.24) is 15.0 Å². The zero-order valence-electron chi connectivity index (χ0n) is 12.1. The van der Waals surface area contributed by atoms with Crippen LogP contribution in [0.15, 0.2) is 36.9 Å². The Morgan fingerprint density at radius 2 is 2.19 bits per heavy atom. The molecular formula is C16H21N5. The lowest BCUT2D eigenvalue weighted by atomic mass is 9.79. The highest BCUT2D eigenvalue weighted by Crippen LogP contribution is 2.34. The van der Waals surface area contributed by atoms with Crippen LogP contribution < -0.4 is 11.1 Å². The molecule has 5 heteroatoms. The second-order valence-electron chi connectivity index (χ2n) is 5.65. The monoisotopic (exact) mass is 283 g/mol. The summed E-state index contributed by atoms with van der Waals surface area (Å²) in [6.07, 6.45) is 9.52. The topological polar surface area (TPSA) is 76.7 Å². The highest BCUT2D eigenvalue weighted by Gasteiger charge is 2.28. The number of aromatic nitrogens is 3. The van der Waals surface area contributed by atoms with E-state index in [-0.39, 0.29) is 0 Å². The Morgan fingerprint density at radius 3 is 2.95 bits per heavy atom. The molecule has 0 bridgehead atoms. The van der Waals surface area contributed by atoms with Gasteiger partial charge >= 0.3 is 0 Å². The van der Waals surface area contributed by atoms with Gasteiger partial charge < -0.3 is 11.1 Å². The molecule has 110 valence electrons. The fourth-order valence-corrected chi connectivity index (χ4v) is 2.65. The van der Waals surface area contributed by atoms with Gasteiger partial charge in [0.15, 0.2) is 0 Å². The SMILES string of the molecule is NC1CC(c2cc(NCCCc3cccnc3)ncn2)C1. The second-order valence-corrected chi connectivity index (χ2v) is 5.65. The van der Waals surface area contributed by atoms with E-state index in [1.807, 2.05) is 12.3 Å². The molecule has 21 heavy (non-hydrogen) atoms.